The maximum atomic E-state index is 13.6. The number of carbonyl (C=O) groups is 3. The molecule has 0 saturated carbocycles. The summed E-state index contributed by atoms with van der Waals surface area (Å²) in [5.74, 6) is -2.31. The highest BCUT2D eigenvalue weighted by atomic mass is 35.5. The number of amides is 1. The summed E-state index contributed by atoms with van der Waals surface area (Å²) < 4.78 is 35.3. The minimum atomic E-state index is -2.94. The number of pyridine rings is 1. The lowest BCUT2D eigenvalue weighted by atomic mass is 9.96. The van der Waals surface area contributed by atoms with Gasteiger partial charge in [-0.2, -0.15) is 0 Å². The van der Waals surface area contributed by atoms with Gasteiger partial charge < -0.3 is 19.9 Å². The summed E-state index contributed by atoms with van der Waals surface area (Å²) in [5.41, 5.74) is -0.482. The quantitative estimate of drug-likeness (QED) is 0.276. The van der Waals surface area contributed by atoms with E-state index in [0.717, 1.165) is 16.8 Å². The standard InChI is InChI=1S/C30H33ClN2O7/c1-6-25(34)21-12-9-19(31)15-22(21)23-16-27(35)33(17-26(23)39-5)24(13-14-40-30(2,3)4)28(36)32-20-10-7-18(8-11-20)29(37)38/h7-12,15-17,24H,6,13-14H2,1-5H3,(H,32,36)(H,37,38)/t24-/m0/s1/i5D3. The molecule has 3 rings (SSSR count). The number of hydrogen-bond donors (Lipinski definition) is 2. The molecule has 0 aliphatic heterocycles. The average Bonchev–Trinajstić information content (AvgIpc) is 2.90. The molecule has 10 heteroatoms. The van der Waals surface area contributed by atoms with Crippen molar-refractivity contribution in [3.8, 4) is 16.9 Å². The number of Topliss-reactive ketones (excluding diaryl/α,β-unsaturated/α-hetero) is 1. The highest BCUT2D eigenvalue weighted by Gasteiger charge is 2.26. The molecule has 0 spiro atoms. The molecular formula is C30H33ClN2O7. The predicted octanol–water partition coefficient (Wildman–Crippen LogP) is 5.85. The molecule has 1 atom stereocenters. The van der Waals surface area contributed by atoms with Crippen LogP contribution in [0.15, 0.2) is 59.5 Å². The van der Waals surface area contributed by atoms with Crippen molar-refractivity contribution >= 4 is 34.9 Å². The van der Waals surface area contributed by atoms with Crippen LogP contribution < -0.4 is 15.6 Å². The van der Waals surface area contributed by atoms with Gasteiger partial charge in [0.1, 0.15) is 11.8 Å². The van der Waals surface area contributed by atoms with Crippen molar-refractivity contribution in [3.63, 3.8) is 0 Å². The summed E-state index contributed by atoms with van der Waals surface area (Å²) in [7, 11) is -2.94. The third-order valence-corrected chi connectivity index (χ3v) is 6.25. The molecule has 9 nitrogen and oxygen atoms in total. The monoisotopic (exact) mass is 571 g/mol. The minimum Gasteiger partial charge on any atom is -0.495 e. The number of carbonyl (C=O) groups excluding carboxylic acids is 2. The Kier molecular flexibility index (Phi) is 8.50. The van der Waals surface area contributed by atoms with Crippen LogP contribution in [0, 0.1) is 0 Å². The van der Waals surface area contributed by atoms with E-state index in [1.165, 1.54) is 42.5 Å². The van der Waals surface area contributed by atoms with Gasteiger partial charge in [-0.1, -0.05) is 18.5 Å². The highest BCUT2D eigenvalue weighted by Crippen LogP contribution is 2.34. The van der Waals surface area contributed by atoms with E-state index in [2.05, 4.69) is 5.32 Å². The third-order valence-electron chi connectivity index (χ3n) is 6.01. The topological polar surface area (TPSA) is 124 Å². The van der Waals surface area contributed by atoms with Gasteiger partial charge in [0.25, 0.3) is 5.56 Å². The van der Waals surface area contributed by atoms with Crippen LogP contribution in [0.3, 0.4) is 0 Å². The van der Waals surface area contributed by atoms with Crippen molar-refractivity contribution < 1.29 is 33.1 Å². The van der Waals surface area contributed by atoms with Crippen LogP contribution >= 0.6 is 11.6 Å². The summed E-state index contributed by atoms with van der Waals surface area (Å²) in [4.78, 5) is 51.1. The lowest BCUT2D eigenvalue weighted by Gasteiger charge is -2.24. The molecule has 1 amide bonds. The largest absolute Gasteiger partial charge is 0.495 e. The summed E-state index contributed by atoms with van der Waals surface area (Å²) >= 11 is 6.22. The summed E-state index contributed by atoms with van der Waals surface area (Å²) in [6, 6.07) is 9.80. The Morgan fingerprint density at radius 1 is 1.10 bits per heavy atom. The fourth-order valence-electron chi connectivity index (χ4n) is 4.03. The number of aromatic nitrogens is 1. The van der Waals surface area contributed by atoms with E-state index in [4.69, 9.17) is 30.3 Å². The lowest BCUT2D eigenvalue weighted by molar-refractivity contribution is -0.120. The third kappa shape index (κ3) is 7.58. The summed E-state index contributed by atoms with van der Waals surface area (Å²) in [5, 5.41) is 12.1. The number of hydrogen-bond acceptors (Lipinski definition) is 6. The zero-order chi connectivity index (χ0) is 32.1. The van der Waals surface area contributed by atoms with E-state index in [9.17, 15) is 19.2 Å². The van der Waals surface area contributed by atoms with Gasteiger partial charge in [0.15, 0.2) is 5.78 Å². The van der Waals surface area contributed by atoms with E-state index in [-0.39, 0.29) is 63.9 Å². The van der Waals surface area contributed by atoms with Gasteiger partial charge in [0.2, 0.25) is 5.91 Å². The molecule has 0 aliphatic carbocycles. The molecule has 0 fully saturated rings. The zero-order valence-corrected chi connectivity index (χ0v) is 23.4. The first-order valence-electron chi connectivity index (χ1n) is 14.1. The first kappa shape index (κ1) is 26.3. The van der Waals surface area contributed by atoms with E-state index >= 15 is 0 Å². The number of ketones is 1. The number of ether oxygens (including phenoxy) is 2. The van der Waals surface area contributed by atoms with Gasteiger partial charge in [0.05, 0.1) is 28.5 Å². The molecule has 1 heterocycles. The summed E-state index contributed by atoms with van der Waals surface area (Å²) in [6.45, 7) is 7.21. The Hall–Kier alpha value is -3.95. The molecule has 2 aromatic carbocycles. The molecule has 0 unspecified atom stereocenters. The lowest BCUT2D eigenvalue weighted by Crippen LogP contribution is -2.34. The Bertz CT molecular complexity index is 1560. The van der Waals surface area contributed by atoms with Crippen LogP contribution in [0.4, 0.5) is 5.69 Å². The number of carboxylic acids is 1. The second-order valence-electron chi connectivity index (χ2n) is 10.0. The van der Waals surface area contributed by atoms with Gasteiger partial charge in [-0.25, -0.2) is 4.79 Å². The van der Waals surface area contributed by atoms with Crippen LogP contribution in [-0.2, 0) is 9.53 Å². The number of benzene rings is 2. The van der Waals surface area contributed by atoms with Crippen molar-refractivity contribution in [3.05, 3.63) is 81.2 Å². The maximum absolute atomic E-state index is 13.6. The number of halogens is 1. The molecule has 0 bridgehead atoms. The van der Waals surface area contributed by atoms with Gasteiger partial charge in [-0.05, 0) is 68.8 Å². The van der Waals surface area contributed by atoms with E-state index in [1.807, 2.05) is 20.8 Å². The number of nitrogens with one attached hydrogen (secondary N) is 1. The molecule has 40 heavy (non-hydrogen) atoms. The van der Waals surface area contributed by atoms with Crippen LogP contribution in [0.1, 0.15) is 71.4 Å². The van der Waals surface area contributed by atoms with Crippen molar-refractivity contribution in [1.29, 1.82) is 0 Å². The number of methoxy groups -OCH3 is 1. The van der Waals surface area contributed by atoms with E-state index in [1.54, 1.807) is 6.92 Å². The minimum absolute atomic E-state index is 0.0134. The fourth-order valence-corrected chi connectivity index (χ4v) is 4.20. The number of anilines is 1. The van der Waals surface area contributed by atoms with Crippen molar-refractivity contribution in [2.24, 2.45) is 0 Å². The number of nitrogens with zero attached hydrogens (tertiary/aromatic N) is 1. The molecule has 0 aliphatic rings. The van der Waals surface area contributed by atoms with Crippen LogP contribution in [-0.4, -0.2) is 46.6 Å². The summed E-state index contributed by atoms with van der Waals surface area (Å²) in [6.07, 6.45) is 1.28. The Morgan fingerprint density at radius 2 is 1.80 bits per heavy atom. The predicted molar refractivity (Wildman–Crippen MR) is 154 cm³/mol. The van der Waals surface area contributed by atoms with Gasteiger partial charge in [-0.3, -0.25) is 19.0 Å². The van der Waals surface area contributed by atoms with E-state index in [0.29, 0.717) is 0 Å². The molecule has 0 radical (unpaired) electrons. The van der Waals surface area contributed by atoms with Gasteiger partial charge in [0, 0.05) is 47.4 Å². The Balaban J connectivity index is 2.16. The SMILES string of the molecule is [2H]C([2H])([2H])Oc1cn([C@@H](CCOC(C)(C)C)C(=O)Nc2ccc(C(=O)O)cc2)c(=O)cc1-c1cc(Cl)ccc1C(=O)CC. The normalized spacial score (nSPS) is 13.5. The smallest absolute Gasteiger partial charge is 0.335 e. The van der Waals surface area contributed by atoms with Crippen LogP contribution in [0.25, 0.3) is 11.1 Å². The second kappa shape index (κ2) is 12.9. The van der Waals surface area contributed by atoms with Crippen molar-refractivity contribution in [1.82, 2.24) is 4.57 Å². The van der Waals surface area contributed by atoms with E-state index < -0.39 is 36.1 Å². The van der Waals surface area contributed by atoms with Crippen molar-refractivity contribution in [2.75, 3.05) is 19.0 Å². The van der Waals surface area contributed by atoms with Gasteiger partial charge in [-0.15, -0.1) is 0 Å². The Morgan fingerprint density at radius 3 is 2.40 bits per heavy atom. The fraction of sp³-hybridized carbons (Fsp3) is 0.333. The van der Waals surface area contributed by atoms with Crippen LogP contribution in [0.2, 0.25) is 5.02 Å². The zero-order valence-electron chi connectivity index (χ0n) is 25.6. The van der Waals surface area contributed by atoms with Crippen LogP contribution in [0.5, 0.6) is 5.75 Å². The number of rotatable bonds is 11. The average molecular weight is 572 g/mol. The number of carboxylic acid groups (broad SMARTS) is 1. The molecule has 1 aromatic heterocycles. The highest BCUT2D eigenvalue weighted by molar-refractivity contribution is 6.31. The molecule has 2 N–H and O–H groups in total. The first-order valence-corrected chi connectivity index (χ1v) is 12.9. The molecular weight excluding hydrogens is 536 g/mol. The molecule has 0 saturated heterocycles. The second-order valence-corrected chi connectivity index (χ2v) is 10.4. The molecule has 3 aromatic rings. The van der Waals surface area contributed by atoms with Crippen molar-refractivity contribution in [2.45, 2.75) is 52.2 Å². The maximum Gasteiger partial charge on any atom is 0.335 e. The Labute approximate surface area is 241 Å². The molecule has 212 valence electrons. The number of aromatic carboxylic acids is 1. The first-order chi connectivity index (χ1) is 20.0. The van der Waals surface area contributed by atoms with Gasteiger partial charge >= 0.3 is 5.97 Å².